The zero-order valence-corrected chi connectivity index (χ0v) is 36.9. The fourth-order valence-electron chi connectivity index (χ4n) is 9.38. The molecule has 2 aliphatic carbocycles. The average Bonchev–Trinajstić information content (AvgIpc) is 3.69. The van der Waals surface area contributed by atoms with E-state index in [1.807, 2.05) is 0 Å². The van der Waals surface area contributed by atoms with Crippen molar-refractivity contribution in [1.82, 2.24) is 0 Å². The number of allylic oxidation sites excluding steroid dienone is 2. The third-order valence-corrected chi connectivity index (χ3v) is 64.0. The Morgan fingerprint density at radius 3 is 1.32 bits per heavy atom. The molecule has 0 aliphatic heterocycles. The Morgan fingerprint density at radius 2 is 0.980 bits per heavy atom. The molecule has 0 nitrogen and oxygen atoms in total. The second-order valence-corrected chi connectivity index (χ2v) is 57.9. The molecule has 4 aromatic carbocycles. The molecule has 6 rings (SSSR count). The van der Waals surface area contributed by atoms with E-state index in [0.29, 0.717) is 0 Å². The number of rotatable bonds is 13. The number of hydrogen-bond acceptors (Lipinski definition) is 0. The predicted octanol–water partition coefficient (Wildman–Crippen LogP) is 14.7. The first kappa shape index (κ1) is 37.8. The van der Waals surface area contributed by atoms with Gasteiger partial charge in [0.1, 0.15) is 0 Å². The van der Waals surface area contributed by atoms with Crippen LogP contribution in [0, 0.1) is 13.8 Å². The van der Waals surface area contributed by atoms with Crippen molar-refractivity contribution in [3.63, 3.8) is 0 Å². The van der Waals surface area contributed by atoms with Crippen LogP contribution in [0.15, 0.2) is 83.9 Å². The molecule has 0 N–H and O–H groups in total. The summed E-state index contributed by atoms with van der Waals surface area (Å²) < 4.78 is 0.241. The van der Waals surface area contributed by atoms with Crippen LogP contribution >= 0.6 is 17.0 Å². The number of halogens is 2. The maximum atomic E-state index is 8.91. The topological polar surface area (TPSA) is 0 Å². The minimum atomic E-state index is -4.91. The van der Waals surface area contributed by atoms with Crippen molar-refractivity contribution >= 4 is 35.1 Å². The van der Waals surface area contributed by atoms with E-state index in [9.17, 15) is 0 Å². The monoisotopic (exact) mass is 797 g/mol. The standard InChI is InChI=1S/2C22H25.C2H7Si.2ClH.Zr/c2*1-4-6-10-17-14-19-13-12-18(5-2)22(21(19)15-17)20-11-8-7-9-16(20)3;1-3-2;;;/h2*7-9,11-15H,4-6,10H2,1-3H3;3H,1-2H3;2*1H;/q;;;;;+2/p-2. The molecule has 4 heteroatoms. The van der Waals surface area contributed by atoms with E-state index in [0.717, 1.165) is 51.4 Å². The number of hydrogen-bond donors (Lipinski definition) is 0. The summed E-state index contributed by atoms with van der Waals surface area (Å²) in [6.07, 6.45) is 13.9. The van der Waals surface area contributed by atoms with Gasteiger partial charge < -0.3 is 0 Å². The molecule has 0 saturated carbocycles. The summed E-state index contributed by atoms with van der Waals surface area (Å²) in [6, 6.07) is 27.6. The van der Waals surface area contributed by atoms with Gasteiger partial charge in [-0.15, -0.1) is 0 Å². The van der Waals surface area contributed by atoms with Crippen LogP contribution in [-0.2, 0) is 28.4 Å². The average molecular weight is 800 g/mol. The summed E-state index contributed by atoms with van der Waals surface area (Å²) >= 11 is -4.91. The van der Waals surface area contributed by atoms with Crippen molar-refractivity contribution in [2.24, 2.45) is 0 Å². The Hall–Kier alpha value is -1.96. The molecule has 0 amide bonds. The Kier molecular flexibility index (Phi) is 11.5. The summed E-state index contributed by atoms with van der Waals surface area (Å²) in [5, 5.41) is 0. The Morgan fingerprint density at radius 1 is 0.580 bits per heavy atom. The van der Waals surface area contributed by atoms with Gasteiger partial charge in [-0.2, -0.15) is 0 Å². The Balaban J connectivity index is 1.66. The van der Waals surface area contributed by atoms with Gasteiger partial charge in [-0.25, -0.2) is 0 Å². The summed E-state index contributed by atoms with van der Waals surface area (Å²) in [5.41, 5.74) is 19.6. The van der Waals surface area contributed by atoms with Crippen LogP contribution in [0.4, 0.5) is 0 Å². The van der Waals surface area contributed by atoms with Gasteiger partial charge in [0.05, 0.1) is 0 Å². The molecule has 0 saturated heterocycles. The normalized spacial score (nSPS) is 17.7. The van der Waals surface area contributed by atoms with E-state index in [2.05, 4.69) is 140 Å². The molecular formula is C46H57Cl2SiZr. The molecule has 0 aromatic heterocycles. The Bertz CT molecular complexity index is 1830. The molecule has 0 spiro atoms. The van der Waals surface area contributed by atoms with Crippen molar-refractivity contribution in [2.45, 2.75) is 113 Å². The van der Waals surface area contributed by atoms with Crippen molar-refractivity contribution in [1.29, 1.82) is 0 Å². The summed E-state index contributed by atoms with van der Waals surface area (Å²) in [5.74, 6) is -1.66. The van der Waals surface area contributed by atoms with E-state index in [1.54, 1.807) is 0 Å². The predicted molar refractivity (Wildman–Crippen MR) is 223 cm³/mol. The van der Waals surface area contributed by atoms with Gasteiger partial charge in [-0.05, 0) is 0 Å². The third kappa shape index (κ3) is 6.27. The molecule has 2 atom stereocenters. The second-order valence-electron chi connectivity index (χ2n) is 15.4. The third-order valence-electron chi connectivity index (χ3n) is 12.2. The van der Waals surface area contributed by atoms with Gasteiger partial charge in [-0.3, -0.25) is 0 Å². The van der Waals surface area contributed by atoms with Gasteiger partial charge in [-0.1, -0.05) is 0 Å². The van der Waals surface area contributed by atoms with E-state index in [1.165, 1.54) is 77.9 Å². The van der Waals surface area contributed by atoms with Crippen LogP contribution in [0.1, 0.15) is 118 Å². The summed E-state index contributed by atoms with van der Waals surface area (Å²) in [7, 11) is 17.8. The molecule has 0 heterocycles. The van der Waals surface area contributed by atoms with E-state index in [4.69, 9.17) is 17.0 Å². The summed E-state index contributed by atoms with van der Waals surface area (Å²) in [6.45, 7) is 18.7. The molecule has 2 aliphatic rings. The number of aryl methyl sites for hydroxylation is 4. The zero-order valence-electron chi connectivity index (χ0n) is 31.7. The minimum absolute atomic E-state index is 0.121. The van der Waals surface area contributed by atoms with Crippen LogP contribution in [0.3, 0.4) is 0 Å². The molecule has 50 heavy (non-hydrogen) atoms. The molecule has 0 fully saturated rings. The molecule has 2 unspecified atom stereocenters. The van der Waals surface area contributed by atoms with Crippen molar-refractivity contribution < 1.29 is 15.6 Å². The fraction of sp³-hybridized carbons (Fsp3) is 0.391. The molecule has 263 valence electrons. The maximum absolute atomic E-state index is 8.91. The van der Waals surface area contributed by atoms with Crippen molar-refractivity contribution in [3.8, 4) is 22.3 Å². The van der Waals surface area contributed by atoms with Crippen LogP contribution in [0.2, 0.25) is 13.1 Å². The molecule has 0 radical (unpaired) electrons. The fourth-order valence-corrected chi connectivity index (χ4v) is 40.9. The van der Waals surface area contributed by atoms with E-state index in [-0.39, 0.29) is 7.25 Å². The first-order valence-electron chi connectivity index (χ1n) is 19.4. The van der Waals surface area contributed by atoms with Gasteiger partial charge in [0, 0.05) is 0 Å². The SMILES string of the molecule is CCCCC1=Cc2c(ccc(CC)c2-c2ccccc2C)[CH]1[Zr]([Cl])([Cl])([CH]1C(CCCC)=Cc2c1ccc(CC)c2-c1ccccc1C)[SiH](C)C. The van der Waals surface area contributed by atoms with Crippen molar-refractivity contribution in [3.05, 3.63) is 128 Å². The van der Waals surface area contributed by atoms with Crippen molar-refractivity contribution in [2.75, 3.05) is 0 Å². The molecule has 4 aromatic rings. The summed E-state index contributed by atoms with van der Waals surface area (Å²) in [4.78, 5) is 0. The van der Waals surface area contributed by atoms with Crippen LogP contribution in [0.5, 0.6) is 0 Å². The van der Waals surface area contributed by atoms with Gasteiger partial charge >= 0.3 is 315 Å². The van der Waals surface area contributed by atoms with Gasteiger partial charge in [0.25, 0.3) is 0 Å². The van der Waals surface area contributed by atoms with E-state index >= 15 is 0 Å². The first-order valence-corrected chi connectivity index (χ1v) is 35.7. The van der Waals surface area contributed by atoms with E-state index < -0.39 is 21.5 Å². The van der Waals surface area contributed by atoms with Crippen LogP contribution in [0.25, 0.3) is 34.4 Å². The number of unbranched alkanes of at least 4 members (excludes halogenated alkanes) is 2. The zero-order chi connectivity index (χ0) is 35.8. The quantitative estimate of drug-likeness (QED) is 0.118. The van der Waals surface area contributed by atoms with Gasteiger partial charge in [0.2, 0.25) is 0 Å². The number of fused-ring (bicyclic) bond motifs is 2. The van der Waals surface area contributed by atoms with Crippen LogP contribution < -0.4 is 0 Å². The van der Waals surface area contributed by atoms with Crippen LogP contribution in [-0.4, -0.2) is 5.92 Å². The first-order chi connectivity index (χ1) is 24.0. The Labute approximate surface area is 312 Å². The molecular weight excluding hydrogens is 743 g/mol. The second kappa shape index (κ2) is 15.2. The molecule has 0 bridgehead atoms. The number of benzene rings is 4. The van der Waals surface area contributed by atoms with Gasteiger partial charge in [0.15, 0.2) is 0 Å².